The Morgan fingerprint density at radius 1 is 1.15 bits per heavy atom. The van der Waals surface area contributed by atoms with E-state index in [0.29, 0.717) is 17.0 Å². The van der Waals surface area contributed by atoms with E-state index in [1.807, 2.05) is 19.1 Å². The summed E-state index contributed by atoms with van der Waals surface area (Å²) in [6, 6.07) is 12.4. The Kier molecular flexibility index (Phi) is 8.03. The maximum atomic E-state index is 12.8. The maximum Gasteiger partial charge on any atom is 0.327 e. The molecule has 9 nitrogen and oxygen atoms in total. The number of hydrogen-bond donors (Lipinski definition) is 3. The molecule has 2 aromatic carbocycles. The van der Waals surface area contributed by atoms with Crippen molar-refractivity contribution < 1.29 is 34.1 Å². The second-order valence-electron chi connectivity index (χ2n) is 7.24. The number of amides is 2. The summed E-state index contributed by atoms with van der Waals surface area (Å²) in [5, 5.41) is 21.1. The van der Waals surface area contributed by atoms with Crippen LogP contribution in [-0.4, -0.2) is 55.8 Å². The molecule has 11 heteroatoms. The normalized spacial score (nSPS) is 15.3. The topological polar surface area (TPSA) is 133 Å². The summed E-state index contributed by atoms with van der Waals surface area (Å²) in [5.74, 6) is -3.60. The Balaban J connectivity index is 1.74. The zero-order valence-electron chi connectivity index (χ0n) is 17.9. The van der Waals surface area contributed by atoms with Crippen molar-refractivity contribution >= 4 is 63.8 Å². The first-order chi connectivity index (χ1) is 16.2. The van der Waals surface area contributed by atoms with E-state index in [-0.39, 0.29) is 21.7 Å². The summed E-state index contributed by atoms with van der Waals surface area (Å²) in [4.78, 5) is 48.6. The van der Waals surface area contributed by atoms with Gasteiger partial charge in [-0.2, -0.15) is 0 Å². The number of benzene rings is 2. The fourth-order valence-corrected chi connectivity index (χ4v) is 4.40. The molecule has 1 saturated heterocycles. The number of carboxylic acids is 2. The molecule has 0 saturated carbocycles. The molecule has 1 atom stereocenters. The molecule has 176 valence electrons. The van der Waals surface area contributed by atoms with Crippen LogP contribution in [0, 0.1) is 6.92 Å². The Labute approximate surface area is 204 Å². The van der Waals surface area contributed by atoms with Crippen molar-refractivity contribution in [3.05, 3.63) is 64.6 Å². The van der Waals surface area contributed by atoms with Gasteiger partial charge in [-0.25, -0.2) is 4.79 Å². The summed E-state index contributed by atoms with van der Waals surface area (Å²) in [6.45, 7) is 1.66. The zero-order valence-corrected chi connectivity index (χ0v) is 19.5. The summed E-state index contributed by atoms with van der Waals surface area (Å²) in [5.41, 5.74) is 2.16. The maximum absolute atomic E-state index is 12.8. The van der Waals surface area contributed by atoms with E-state index in [2.05, 4.69) is 5.32 Å². The van der Waals surface area contributed by atoms with Gasteiger partial charge < -0.3 is 20.3 Å². The molecule has 0 aromatic heterocycles. The van der Waals surface area contributed by atoms with E-state index in [0.717, 1.165) is 22.2 Å². The van der Waals surface area contributed by atoms with Crippen LogP contribution in [0.1, 0.15) is 17.5 Å². The van der Waals surface area contributed by atoms with Crippen molar-refractivity contribution in [2.24, 2.45) is 0 Å². The molecule has 3 rings (SSSR count). The molecule has 1 heterocycles. The Morgan fingerprint density at radius 3 is 2.47 bits per heavy atom. The molecule has 0 aliphatic carbocycles. The highest BCUT2D eigenvalue weighted by Crippen LogP contribution is 2.36. The predicted molar refractivity (Wildman–Crippen MR) is 130 cm³/mol. The molecule has 1 aliphatic rings. The zero-order chi connectivity index (χ0) is 24.8. The SMILES string of the molecule is Cc1ccc(NC(=O)COc2ccccc2/C=C2\SC(=S)N(C(CC(=O)O)C(=O)O)C2=O)cc1. The molecule has 0 spiro atoms. The van der Waals surface area contributed by atoms with Gasteiger partial charge in [-0.05, 0) is 31.2 Å². The molecule has 0 radical (unpaired) electrons. The number of aliphatic carboxylic acids is 2. The number of rotatable bonds is 9. The Hall–Kier alpha value is -3.70. The molecule has 0 bridgehead atoms. The number of carboxylic acid groups (broad SMARTS) is 2. The minimum Gasteiger partial charge on any atom is -0.483 e. The summed E-state index contributed by atoms with van der Waals surface area (Å²) in [7, 11) is 0. The average molecular weight is 501 g/mol. The monoisotopic (exact) mass is 500 g/mol. The second-order valence-corrected chi connectivity index (χ2v) is 8.92. The lowest BCUT2D eigenvalue weighted by molar-refractivity contribution is -0.150. The van der Waals surface area contributed by atoms with Gasteiger partial charge in [-0.3, -0.25) is 19.3 Å². The fourth-order valence-electron chi connectivity index (χ4n) is 3.05. The quantitative estimate of drug-likeness (QED) is 0.351. The third kappa shape index (κ3) is 6.21. The number of para-hydroxylation sites is 1. The lowest BCUT2D eigenvalue weighted by Crippen LogP contribution is -2.45. The third-order valence-electron chi connectivity index (χ3n) is 4.69. The molecule has 2 amide bonds. The van der Waals surface area contributed by atoms with Crippen LogP contribution in [0.25, 0.3) is 6.08 Å². The van der Waals surface area contributed by atoms with Crippen molar-refractivity contribution in [2.75, 3.05) is 11.9 Å². The second kappa shape index (κ2) is 10.9. The molecule has 1 unspecified atom stereocenters. The number of carbonyl (C=O) groups excluding carboxylic acids is 2. The number of ether oxygens (including phenoxy) is 1. The number of aryl methyl sites for hydroxylation is 1. The van der Waals surface area contributed by atoms with Crippen LogP contribution in [0.3, 0.4) is 0 Å². The van der Waals surface area contributed by atoms with Crippen LogP contribution in [0.4, 0.5) is 5.69 Å². The van der Waals surface area contributed by atoms with Crippen LogP contribution in [-0.2, 0) is 19.2 Å². The molecular weight excluding hydrogens is 480 g/mol. The molecular formula is C23H20N2O7S2. The smallest absolute Gasteiger partial charge is 0.327 e. The van der Waals surface area contributed by atoms with Crippen molar-refractivity contribution in [1.82, 2.24) is 4.90 Å². The van der Waals surface area contributed by atoms with Gasteiger partial charge in [0.25, 0.3) is 11.8 Å². The van der Waals surface area contributed by atoms with Gasteiger partial charge in [-0.1, -0.05) is 59.9 Å². The van der Waals surface area contributed by atoms with E-state index >= 15 is 0 Å². The van der Waals surface area contributed by atoms with Gasteiger partial charge in [0.1, 0.15) is 16.1 Å². The largest absolute Gasteiger partial charge is 0.483 e. The molecule has 1 fully saturated rings. The first kappa shape index (κ1) is 24.9. The number of carbonyl (C=O) groups is 4. The minimum atomic E-state index is -1.62. The van der Waals surface area contributed by atoms with Crippen molar-refractivity contribution in [2.45, 2.75) is 19.4 Å². The van der Waals surface area contributed by atoms with Crippen molar-refractivity contribution in [3.8, 4) is 5.75 Å². The van der Waals surface area contributed by atoms with Gasteiger partial charge in [0, 0.05) is 11.3 Å². The van der Waals surface area contributed by atoms with E-state index in [1.165, 1.54) is 6.08 Å². The summed E-state index contributed by atoms with van der Waals surface area (Å²) >= 11 is 6.00. The Bertz CT molecular complexity index is 1180. The standard InChI is InChI=1S/C23H20N2O7S2/c1-13-6-8-15(9-7-13)24-19(26)12-32-17-5-3-2-4-14(17)10-18-21(29)25(23(33)34-18)16(22(30)31)11-20(27)28/h2-10,16H,11-12H2,1H3,(H,24,26)(H,27,28)(H,30,31)/b18-10-. The predicted octanol–water partition coefficient (Wildman–Crippen LogP) is 3.14. The molecule has 1 aliphatic heterocycles. The minimum absolute atomic E-state index is 0.0548. The van der Waals surface area contributed by atoms with Crippen LogP contribution in [0.15, 0.2) is 53.4 Å². The number of hydrogen-bond acceptors (Lipinski definition) is 7. The van der Waals surface area contributed by atoms with Crippen molar-refractivity contribution in [3.63, 3.8) is 0 Å². The third-order valence-corrected chi connectivity index (χ3v) is 6.02. The lowest BCUT2D eigenvalue weighted by atomic mass is 10.1. The highest BCUT2D eigenvalue weighted by Gasteiger charge is 2.41. The van der Waals surface area contributed by atoms with Gasteiger partial charge in [0.05, 0.1) is 11.3 Å². The van der Waals surface area contributed by atoms with Crippen molar-refractivity contribution in [1.29, 1.82) is 0 Å². The van der Waals surface area contributed by atoms with Crippen LogP contribution in [0.2, 0.25) is 0 Å². The van der Waals surface area contributed by atoms with E-state index in [1.54, 1.807) is 36.4 Å². The first-order valence-corrected chi connectivity index (χ1v) is 11.2. The molecule has 3 N–H and O–H groups in total. The van der Waals surface area contributed by atoms with Crippen LogP contribution in [0.5, 0.6) is 5.75 Å². The van der Waals surface area contributed by atoms with Gasteiger partial charge in [0.15, 0.2) is 6.61 Å². The van der Waals surface area contributed by atoms with E-state index < -0.39 is 30.3 Å². The molecule has 2 aromatic rings. The van der Waals surface area contributed by atoms with Gasteiger partial charge >= 0.3 is 11.9 Å². The number of thioether (sulfide) groups is 1. The van der Waals surface area contributed by atoms with E-state index in [4.69, 9.17) is 22.1 Å². The summed E-state index contributed by atoms with van der Waals surface area (Å²) < 4.78 is 5.58. The van der Waals surface area contributed by atoms with Crippen LogP contribution < -0.4 is 10.1 Å². The van der Waals surface area contributed by atoms with Gasteiger partial charge in [-0.15, -0.1) is 0 Å². The van der Waals surface area contributed by atoms with E-state index in [9.17, 15) is 24.3 Å². The van der Waals surface area contributed by atoms with Gasteiger partial charge in [0.2, 0.25) is 0 Å². The number of nitrogens with one attached hydrogen (secondary N) is 1. The van der Waals surface area contributed by atoms with Crippen LogP contribution >= 0.6 is 24.0 Å². The number of anilines is 1. The average Bonchev–Trinajstić information content (AvgIpc) is 3.05. The molecule has 34 heavy (non-hydrogen) atoms. The summed E-state index contributed by atoms with van der Waals surface area (Å²) in [6.07, 6.45) is 0.678. The lowest BCUT2D eigenvalue weighted by Gasteiger charge is -2.21. The first-order valence-electron chi connectivity index (χ1n) is 9.95. The number of thiocarbonyl (C=S) groups is 1. The fraction of sp³-hybridized carbons (Fsp3) is 0.174. The Morgan fingerprint density at radius 2 is 1.82 bits per heavy atom. The highest BCUT2D eigenvalue weighted by molar-refractivity contribution is 8.26. The highest BCUT2D eigenvalue weighted by atomic mass is 32.2. The number of nitrogens with zero attached hydrogens (tertiary/aromatic N) is 1.